The monoisotopic (exact) mass is 181 g/mol. The van der Waals surface area contributed by atoms with Gasteiger partial charge in [0.25, 0.3) is 0 Å². The summed E-state index contributed by atoms with van der Waals surface area (Å²) in [4.78, 5) is 21.1. The first-order valence-electron chi connectivity index (χ1n) is 4.33. The van der Waals surface area contributed by atoms with Crippen molar-refractivity contribution in [2.24, 2.45) is 17.8 Å². The second-order valence-corrected chi connectivity index (χ2v) is 3.72. The standard InChI is InChI=1S/C9H11NO3/c1-4-7-8(4)9(7)10-5(11)2-3-6(12)13/h2-4,7-9H,1H3,(H,10,11)(H,12,13)/b3-2-. The summed E-state index contributed by atoms with van der Waals surface area (Å²) in [5, 5.41) is 11.0. The quantitative estimate of drug-likeness (QED) is 0.602. The number of hydrogen-bond donors (Lipinski definition) is 2. The van der Waals surface area contributed by atoms with Crippen LogP contribution in [0.25, 0.3) is 0 Å². The molecule has 0 radical (unpaired) electrons. The molecule has 0 aromatic carbocycles. The second kappa shape index (κ2) is 2.58. The average Bonchev–Trinajstić information content (AvgIpc) is 2.91. The first-order valence-corrected chi connectivity index (χ1v) is 4.33. The zero-order valence-corrected chi connectivity index (χ0v) is 7.23. The molecule has 70 valence electrons. The molecule has 2 unspecified atom stereocenters. The zero-order chi connectivity index (χ0) is 9.59. The smallest absolute Gasteiger partial charge is 0.328 e. The molecule has 2 aliphatic carbocycles. The Hall–Kier alpha value is -1.32. The van der Waals surface area contributed by atoms with E-state index in [1.165, 1.54) is 0 Å². The number of carbonyl (C=O) groups is 2. The van der Waals surface area contributed by atoms with Gasteiger partial charge in [0.15, 0.2) is 0 Å². The highest BCUT2D eigenvalue weighted by Gasteiger charge is 2.71. The fourth-order valence-corrected chi connectivity index (χ4v) is 1.95. The lowest BCUT2D eigenvalue weighted by atomic mass is 10.2. The van der Waals surface area contributed by atoms with E-state index in [4.69, 9.17) is 5.11 Å². The molecule has 0 saturated heterocycles. The zero-order valence-electron chi connectivity index (χ0n) is 7.23. The maximum absolute atomic E-state index is 11.0. The average molecular weight is 181 g/mol. The lowest BCUT2D eigenvalue weighted by Crippen LogP contribution is -2.30. The number of amides is 1. The molecule has 2 saturated carbocycles. The summed E-state index contributed by atoms with van der Waals surface area (Å²) in [6.07, 6.45) is 1.91. The van der Waals surface area contributed by atoms with Gasteiger partial charge >= 0.3 is 5.97 Å². The number of rotatable bonds is 3. The largest absolute Gasteiger partial charge is 0.478 e. The number of fused-ring (bicyclic) bond motifs is 1. The molecule has 1 amide bonds. The molecule has 2 fully saturated rings. The van der Waals surface area contributed by atoms with E-state index in [0.29, 0.717) is 17.9 Å². The molecule has 4 heteroatoms. The highest BCUT2D eigenvalue weighted by atomic mass is 16.4. The van der Waals surface area contributed by atoms with Gasteiger partial charge in [-0.15, -0.1) is 0 Å². The van der Waals surface area contributed by atoms with Crippen LogP contribution in [0.15, 0.2) is 12.2 Å². The van der Waals surface area contributed by atoms with E-state index in [-0.39, 0.29) is 5.91 Å². The molecule has 2 N–H and O–H groups in total. The topological polar surface area (TPSA) is 66.4 Å². The summed E-state index contributed by atoms with van der Waals surface area (Å²) in [5.41, 5.74) is 0. The highest BCUT2D eigenvalue weighted by Crippen LogP contribution is 2.67. The Morgan fingerprint density at radius 1 is 1.31 bits per heavy atom. The predicted molar refractivity (Wildman–Crippen MR) is 44.9 cm³/mol. The van der Waals surface area contributed by atoms with Crippen molar-refractivity contribution in [2.45, 2.75) is 13.0 Å². The van der Waals surface area contributed by atoms with Gasteiger partial charge in [0, 0.05) is 18.2 Å². The van der Waals surface area contributed by atoms with Gasteiger partial charge in [-0.05, 0) is 17.8 Å². The van der Waals surface area contributed by atoms with Crippen LogP contribution in [0.2, 0.25) is 0 Å². The molecular formula is C9H11NO3. The predicted octanol–water partition coefficient (Wildman–Crippen LogP) is 0.00770. The van der Waals surface area contributed by atoms with E-state index < -0.39 is 5.97 Å². The van der Waals surface area contributed by atoms with E-state index >= 15 is 0 Å². The van der Waals surface area contributed by atoms with Crippen molar-refractivity contribution < 1.29 is 14.7 Å². The summed E-state index contributed by atoms with van der Waals surface area (Å²) in [7, 11) is 0. The number of carboxylic acid groups (broad SMARTS) is 1. The molecule has 0 aliphatic heterocycles. The number of hydrogen-bond acceptors (Lipinski definition) is 2. The number of nitrogens with one attached hydrogen (secondary N) is 1. The van der Waals surface area contributed by atoms with Crippen molar-refractivity contribution in [3.05, 3.63) is 12.2 Å². The van der Waals surface area contributed by atoms with E-state index in [1.807, 2.05) is 0 Å². The van der Waals surface area contributed by atoms with Crippen LogP contribution in [0.1, 0.15) is 6.92 Å². The Bertz CT molecular complexity index is 287. The van der Waals surface area contributed by atoms with Crippen LogP contribution in [0.4, 0.5) is 0 Å². The van der Waals surface area contributed by atoms with Gasteiger partial charge in [-0.25, -0.2) is 4.79 Å². The molecule has 0 heterocycles. The van der Waals surface area contributed by atoms with Crippen LogP contribution in [0.5, 0.6) is 0 Å². The SMILES string of the molecule is CC1C2C(NC(=O)/C=C\C(=O)O)C12. The summed E-state index contributed by atoms with van der Waals surface area (Å²) >= 11 is 0. The van der Waals surface area contributed by atoms with E-state index in [9.17, 15) is 9.59 Å². The van der Waals surface area contributed by atoms with Crippen LogP contribution in [0.3, 0.4) is 0 Å². The molecule has 0 bridgehead atoms. The maximum atomic E-state index is 11.0. The molecule has 2 rings (SSSR count). The van der Waals surface area contributed by atoms with Crippen LogP contribution >= 0.6 is 0 Å². The van der Waals surface area contributed by atoms with Gasteiger partial charge < -0.3 is 10.4 Å². The first kappa shape index (κ1) is 8.29. The third-order valence-corrected chi connectivity index (χ3v) is 2.89. The minimum absolute atomic E-state index is 0.299. The Morgan fingerprint density at radius 3 is 2.38 bits per heavy atom. The van der Waals surface area contributed by atoms with Gasteiger partial charge in [0.1, 0.15) is 0 Å². The van der Waals surface area contributed by atoms with Crippen molar-refractivity contribution in [1.29, 1.82) is 0 Å². The highest BCUT2D eigenvalue weighted by molar-refractivity contribution is 5.94. The van der Waals surface area contributed by atoms with Crippen molar-refractivity contribution >= 4 is 11.9 Å². The van der Waals surface area contributed by atoms with E-state index in [2.05, 4.69) is 12.2 Å². The normalized spacial score (nSPS) is 39.8. The molecule has 13 heavy (non-hydrogen) atoms. The van der Waals surface area contributed by atoms with Crippen LogP contribution in [0, 0.1) is 17.8 Å². The fraction of sp³-hybridized carbons (Fsp3) is 0.556. The van der Waals surface area contributed by atoms with Crippen LogP contribution < -0.4 is 5.32 Å². The Morgan fingerprint density at radius 2 is 1.92 bits per heavy atom. The summed E-state index contributed by atoms with van der Waals surface area (Å²) in [6, 6.07) is 0.320. The van der Waals surface area contributed by atoms with Crippen LogP contribution in [-0.4, -0.2) is 23.0 Å². The third kappa shape index (κ3) is 1.43. The minimum atomic E-state index is -1.09. The van der Waals surface area contributed by atoms with Crippen molar-refractivity contribution in [3.8, 4) is 0 Å². The van der Waals surface area contributed by atoms with E-state index in [1.54, 1.807) is 0 Å². The molecule has 2 atom stereocenters. The lowest BCUT2D eigenvalue weighted by Gasteiger charge is -2.07. The second-order valence-electron chi connectivity index (χ2n) is 3.72. The van der Waals surface area contributed by atoms with Crippen LogP contribution in [-0.2, 0) is 9.59 Å². The molecule has 2 aliphatic rings. The fourth-order valence-electron chi connectivity index (χ4n) is 1.95. The van der Waals surface area contributed by atoms with Gasteiger partial charge in [-0.3, -0.25) is 4.79 Å². The summed E-state index contributed by atoms with van der Waals surface area (Å²) in [5.74, 6) is 0.703. The molecular weight excluding hydrogens is 170 g/mol. The summed E-state index contributed by atoms with van der Waals surface area (Å²) in [6.45, 7) is 2.16. The molecule has 0 aromatic rings. The third-order valence-electron chi connectivity index (χ3n) is 2.89. The van der Waals surface area contributed by atoms with Crippen molar-refractivity contribution in [1.82, 2.24) is 5.32 Å². The maximum Gasteiger partial charge on any atom is 0.328 e. The van der Waals surface area contributed by atoms with Gasteiger partial charge in [-0.1, -0.05) is 6.92 Å². The van der Waals surface area contributed by atoms with Crippen molar-refractivity contribution in [3.63, 3.8) is 0 Å². The van der Waals surface area contributed by atoms with E-state index in [0.717, 1.165) is 18.1 Å². The molecule has 0 spiro atoms. The lowest BCUT2D eigenvalue weighted by molar-refractivity contribution is -0.131. The van der Waals surface area contributed by atoms with Gasteiger partial charge in [0.2, 0.25) is 5.91 Å². The molecule has 4 nitrogen and oxygen atoms in total. The van der Waals surface area contributed by atoms with Gasteiger partial charge in [-0.2, -0.15) is 0 Å². The number of aliphatic carboxylic acids is 1. The Balaban J connectivity index is 1.72. The Labute approximate surface area is 75.6 Å². The number of carboxylic acids is 1. The first-order chi connectivity index (χ1) is 6.11. The Kier molecular flexibility index (Phi) is 1.65. The van der Waals surface area contributed by atoms with Crippen molar-refractivity contribution in [2.75, 3.05) is 0 Å². The van der Waals surface area contributed by atoms with Gasteiger partial charge in [0.05, 0.1) is 0 Å². The minimum Gasteiger partial charge on any atom is -0.478 e. The number of carbonyl (C=O) groups excluding carboxylic acids is 1. The summed E-state index contributed by atoms with van der Waals surface area (Å²) < 4.78 is 0. The molecule has 0 aromatic heterocycles.